The van der Waals surface area contributed by atoms with Gasteiger partial charge in [-0.25, -0.2) is 0 Å². The molecule has 0 spiro atoms. The number of rotatable bonds is 4. The van der Waals surface area contributed by atoms with Gasteiger partial charge in [0.05, 0.1) is 0 Å². The van der Waals surface area contributed by atoms with E-state index in [0.717, 1.165) is 34.4 Å². The third kappa shape index (κ3) is 4.25. The molecule has 0 saturated heterocycles. The number of nitrogens with one attached hydrogen (secondary N) is 1. The molecule has 1 nitrogen and oxygen atoms in total. The molecule has 1 fully saturated rings. The van der Waals surface area contributed by atoms with E-state index < -0.39 is 0 Å². The highest BCUT2D eigenvalue weighted by Gasteiger charge is 2.17. The Bertz CT molecular complexity index is 386. The van der Waals surface area contributed by atoms with E-state index in [9.17, 15) is 0 Å². The highest BCUT2D eigenvalue weighted by molar-refractivity contribution is 9.10. The van der Waals surface area contributed by atoms with Gasteiger partial charge < -0.3 is 5.32 Å². The quantitative estimate of drug-likeness (QED) is 0.817. The standard InChI is InChI=1S/C15H21BrClN/c1-11-2-4-12(5-3-11)9-18-10-13-6-7-14(17)8-15(13)16/h6-8,11-12,18H,2-5,9-10H2,1H3. The highest BCUT2D eigenvalue weighted by atomic mass is 79.9. The zero-order valence-corrected chi connectivity index (χ0v) is 13.2. The zero-order chi connectivity index (χ0) is 13.0. The fourth-order valence-corrected chi connectivity index (χ4v) is 3.43. The molecule has 0 heterocycles. The van der Waals surface area contributed by atoms with Crippen molar-refractivity contribution in [3.05, 3.63) is 33.3 Å². The maximum Gasteiger partial charge on any atom is 0.0417 e. The summed E-state index contributed by atoms with van der Waals surface area (Å²) in [6, 6.07) is 5.99. The Labute approximate surface area is 123 Å². The summed E-state index contributed by atoms with van der Waals surface area (Å²) in [5.74, 6) is 1.80. The molecule has 0 aliphatic heterocycles. The lowest BCUT2D eigenvalue weighted by Crippen LogP contribution is -2.25. The first-order valence-corrected chi connectivity index (χ1v) is 7.97. The molecule has 0 amide bonds. The Kier molecular flexibility index (Phi) is 5.53. The van der Waals surface area contributed by atoms with Gasteiger partial charge >= 0.3 is 0 Å². The molecule has 18 heavy (non-hydrogen) atoms. The first-order chi connectivity index (χ1) is 8.65. The van der Waals surface area contributed by atoms with Crippen LogP contribution in [-0.2, 0) is 6.54 Å². The lowest BCUT2D eigenvalue weighted by molar-refractivity contribution is 0.281. The predicted molar refractivity (Wildman–Crippen MR) is 82.0 cm³/mol. The Morgan fingerprint density at radius 1 is 1.28 bits per heavy atom. The van der Waals surface area contributed by atoms with Crippen LogP contribution >= 0.6 is 27.5 Å². The van der Waals surface area contributed by atoms with E-state index in [0.29, 0.717) is 0 Å². The summed E-state index contributed by atoms with van der Waals surface area (Å²) < 4.78 is 1.10. The van der Waals surface area contributed by atoms with Crippen LogP contribution in [0.1, 0.15) is 38.2 Å². The number of halogens is 2. The second-order valence-electron chi connectivity index (χ2n) is 5.49. The normalized spacial score (nSPS) is 24.2. The van der Waals surface area contributed by atoms with E-state index in [1.165, 1.54) is 31.2 Å². The van der Waals surface area contributed by atoms with Gasteiger partial charge in [0.25, 0.3) is 0 Å². The molecule has 1 aromatic carbocycles. The largest absolute Gasteiger partial charge is 0.312 e. The van der Waals surface area contributed by atoms with Gasteiger partial charge in [0.15, 0.2) is 0 Å². The Balaban J connectivity index is 1.75. The van der Waals surface area contributed by atoms with Gasteiger partial charge in [0.1, 0.15) is 0 Å². The fourth-order valence-electron chi connectivity index (χ4n) is 2.61. The highest BCUT2D eigenvalue weighted by Crippen LogP contribution is 2.28. The van der Waals surface area contributed by atoms with Crippen molar-refractivity contribution in [3.63, 3.8) is 0 Å². The van der Waals surface area contributed by atoms with Crippen LogP contribution in [-0.4, -0.2) is 6.54 Å². The van der Waals surface area contributed by atoms with Gasteiger partial charge in [-0.1, -0.05) is 53.4 Å². The average Bonchev–Trinajstić information content (AvgIpc) is 2.34. The van der Waals surface area contributed by atoms with Crippen LogP contribution in [0.15, 0.2) is 22.7 Å². The minimum Gasteiger partial charge on any atom is -0.312 e. The second-order valence-corrected chi connectivity index (χ2v) is 6.78. The van der Waals surface area contributed by atoms with Crippen molar-refractivity contribution in [1.82, 2.24) is 5.32 Å². The molecule has 0 radical (unpaired) electrons. The number of hydrogen-bond donors (Lipinski definition) is 1. The van der Waals surface area contributed by atoms with Crippen molar-refractivity contribution in [2.45, 2.75) is 39.2 Å². The van der Waals surface area contributed by atoms with E-state index in [1.54, 1.807) is 0 Å². The molecule has 0 aromatic heterocycles. The van der Waals surface area contributed by atoms with Crippen molar-refractivity contribution in [2.24, 2.45) is 11.8 Å². The molecule has 1 aliphatic rings. The summed E-state index contributed by atoms with van der Waals surface area (Å²) in [7, 11) is 0. The summed E-state index contributed by atoms with van der Waals surface area (Å²) >= 11 is 9.49. The summed E-state index contributed by atoms with van der Waals surface area (Å²) in [6.45, 7) is 4.43. The van der Waals surface area contributed by atoms with Gasteiger partial charge in [-0.2, -0.15) is 0 Å². The lowest BCUT2D eigenvalue weighted by atomic mass is 9.83. The Hall–Kier alpha value is -0.0500. The van der Waals surface area contributed by atoms with Crippen LogP contribution in [0.5, 0.6) is 0 Å². The second kappa shape index (κ2) is 6.93. The number of hydrogen-bond acceptors (Lipinski definition) is 1. The minimum atomic E-state index is 0.784. The summed E-state index contributed by atoms with van der Waals surface area (Å²) in [5, 5.41) is 4.36. The molecule has 100 valence electrons. The SMILES string of the molecule is CC1CCC(CNCc2ccc(Cl)cc2Br)CC1. The van der Waals surface area contributed by atoms with Crippen LogP contribution in [0.25, 0.3) is 0 Å². The molecule has 1 aromatic rings. The predicted octanol–water partition coefficient (Wildman–Crippen LogP) is 5.02. The molecule has 0 bridgehead atoms. The number of benzene rings is 1. The zero-order valence-electron chi connectivity index (χ0n) is 10.9. The van der Waals surface area contributed by atoms with E-state index in [-0.39, 0.29) is 0 Å². The minimum absolute atomic E-state index is 0.784. The smallest absolute Gasteiger partial charge is 0.0417 e. The molecule has 1 N–H and O–H groups in total. The third-order valence-electron chi connectivity index (χ3n) is 3.90. The molecule has 0 atom stereocenters. The van der Waals surface area contributed by atoms with Gasteiger partial charge in [-0.15, -0.1) is 0 Å². The van der Waals surface area contributed by atoms with Crippen LogP contribution in [0, 0.1) is 11.8 Å². The van der Waals surface area contributed by atoms with E-state index in [4.69, 9.17) is 11.6 Å². The Morgan fingerprint density at radius 2 is 2.00 bits per heavy atom. The third-order valence-corrected chi connectivity index (χ3v) is 4.87. The van der Waals surface area contributed by atoms with Crippen molar-refractivity contribution in [3.8, 4) is 0 Å². The fraction of sp³-hybridized carbons (Fsp3) is 0.600. The molecule has 1 saturated carbocycles. The molecular formula is C15H21BrClN. The van der Waals surface area contributed by atoms with Crippen LogP contribution < -0.4 is 5.32 Å². The van der Waals surface area contributed by atoms with Crippen LogP contribution in [0.3, 0.4) is 0 Å². The first kappa shape index (κ1) is 14.4. The summed E-state index contributed by atoms with van der Waals surface area (Å²) in [6.07, 6.45) is 5.57. The topological polar surface area (TPSA) is 12.0 Å². The summed E-state index contributed by atoms with van der Waals surface area (Å²) in [4.78, 5) is 0. The van der Waals surface area contributed by atoms with Crippen molar-refractivity contribution in [1.29, 1.82) is 0 Å². The van der Waals surface area contributed by atoms with Gasteiger partial charge in [-0.3, -0.25) is 0 Å². The monoisotopic (exact) mass is 329 g/mol. The van der Waals surface area contributed by atoms with E-state index >= 15 is 0 Å². The van der Waals surface area contributed by atoms with E-state index in [1.807, 2.05) is 12.1 Å². The average molecular weight is 331 g/mol. The van der Waals surface area contributed by atoms with E-state index in [2.05, 4.69) is 34.2 Å². The Morgan fingerprint density at radius 3 is 2.67 bits per heavy atom. The summed E-state index contributed by atoms with van der Waals surface area (Å²) in [5.41, 5.74) is 1.28. The molecule has 3 heteroatoms. The molecule has 1 aliphatic carbocycles. The molecule has 0 unspecified atom stereocenters. The maximum absolute atomic E-state index is 5.94. The van der Waals surface area contributed by atoms with Gasteiger partial charge in [0.2, 0.25) is 0 Å². The molecule has 2 rings (SSSR count). The van der Waals surface area contributed by atoms with Crippen LogP contribution in [0.2, 0.25) is 5.02 Å². The first-order valence-electron chi connectivity index (χ1n) is 6.80. The van der Waals surface area contributed by atoms with Gasteiger partial charge in [-0.05, 0) is 48.9 Å². The molecular weight excluding hydrogens is 310 g/mol. The van der Waals surface area contributed by atoms with Crippen molar-refractivity contribution >= 4 is 27.5 Å². The van der Waals surface area contributed by atoms with Crippen LogP contribution in [0.4, 0.5) is 0 Å². The van der Waals surface area contributed by atoms with Crippen molar-refractivity contribution in [2.75, 3.05) is 6.54 Å². The van der Waals surface area contributed by atoms with Gasteiger partial charge in [0, 0.05) is 16.0 Å². The lowest BCUT2D eigenvalue weighted by Gasteiger charge is -2.26. The van der Waals surface area contributed by atoms with Crippen molar-refractivity contribution < 1.29 is 0 Å². The maximum atomic E-state index is 5.94.